The molecule has 0 aliphatic heterocycles. The van der Waals surface area contributed by atoms with E-state index in [1.54, 1.807) is 6.92 Å². The Morgan fingerprint density at radius 2 is 2.23 bits per heavy atom. The lowest BCUT2D eigenvalue weighted by Crippen LogP contribution is -2.01. The Bertz CT molecular complexity index is 350. The van der Waals surface area contributed by atoms with E-state index in [1.165, 1.54) is 6.07 Å². The third-order valence-corrected chi connectivity index (χ3v) is 2.21. The van der Waals surface area contributed by atoms with E-state index in [-0.39, 0.29) is 22.4 Å². The van der Waals surface area contributed by atoms with Gasteiger partial charge in [0.2, 0.25) is 0 Å². The third-order valence-electron chi connectivity index (χ3n) is 1.70. The number of halogens is 2. The van der Waals surface area contributed by atoms with Gasteiger partial charge in [-0.15, -0.1) is 0 Å². The summed E-state index contributed by atoms with van der Waals surface area (Å²) in [5, 5.41) is 9.35. The minimum absolute atomic E-state index is 0.117. The molecule has 0 heterocycles. The van der Waals surface area contributed by atoms with Gasteiger partial charge in [0.05, 0.1) is 10.9 Å². The number of ketones is 1. The minimum atomic E-state index is -0.511. The van der Waals surface area contributed by atoms with Crippen molar-refractivity contribution in [3.05, 3.63) is 29.1 Å². The Morgan fingerprint density at radius 3 is 2.77 bits per heavy atom. The van der Waals surface area contributed by atoms with E-state index in [1.807, 2.05) is 0 Å². The molecule has 1 N–H and O–H groups in total. The summed E-state index contributed by atoms with van der Waals surface area (Å²) in [7, 11) is 0. The van der Waals surface area contributed by atoms with Gasteiger partial charge in [0.15, 0.2) is 5.78 Å². The monoisotopic (exact) mass is 246 g/mol. The maximum atomic E-state index is 12.8. The number of phenols is 1. The van der Waals surface area contributed by atoms with Gasteiger partial charge in [0.25, 0.3) is 0 Å². The standard InChI is InChI=1S/C9H8BrFO2/c1-5-2-6(9(13)4-10)8(12)3-7(5)11/h2-3,12H,4H2,1H3. The van der Waals surface area contributed by atoms with Crippen LogP contribution in [0.2, 0.25) is 0 Å². The fourth-order valence-corrected chi connectivity index (χ4v) is 1.27. The summed E-state index contributed by atoms with van der Waals surface area (Å²) in [5.41, 5.74) is 0.498. The number of rotatable bonds is 2. The van der Waals surface area contributed by atoms with E-state index in [0.29, 0.717) is 5.56 Å². The third kappa shape index (κ3) is 2.06. The molecule has 4 heteroatoms. The second-order valence-corrected chi connectivity index (χ2v) is 3.24. The molecule has 0 atom stereocenters. The van der Waals surface area contributed by atoms with Gasteiger partial charge in [-0.3, -0.25) is 4.79 Å². The number of aromatic hydroxyl groups is 1. The number of carbonyl (C=O) groups is 1. The summed E-state index contributed by atoms with van der Waals surface area (Å²) in [6, 6.07) is 2.29. The van der Waals surface area contributed by atoms with Gasteiger partial charge in [-0.1, -0.05) is 15.9 Å². The van der Waals surface area contributed by atoms with Crippen molar-refractivity contribution in [3.8, 4) is 5.75 Å². The number of benzene rings is 1. The zero-order chi connectivity index (χ0) is 10.0. The van der Waals surface area contributed by atoms with Crippen molar-refractivity contribution in [2.24, 2.45) is 0 Å². The molecule has 0 saturated heterocycles. The Balaban J connectivity index is 3.23. The van der Waals surface area contributed by atoms with Crippen LogP contribution in [-0.2, 0) is 0 Å². The lowest BCUT2D eigenvalue weighted by Gasteiger charge is -2.03. The van der Waals surface area contributed by atoms with Crippen LogP contribution in [0.3, 0.4) is 0 Å². The zero-order valence-corrected chi connectivity index (χ0v) is 8.56. The molecular formula is C9H8BrFO2. The Hall–Kier alpha value is -0.900. The van der Waals surface area contributed by atoms with Gasteiger partial charge < -0.3 is 5.11 Å². The van der Waals surface area contributed by atoms with Crippen molar-refractivity contribution < 1.29 is 14.3 Å². The van der Waals surface area contributed by atoms with Crippen LogP contribution in [0.5, 0.6) is 5.75 Å². The van der Waals surface area contributed by atoms with Crippen LogP contribution in [0.25, 0.3) is 0 Å². The first-order chi connectivity index (χ1) is 6.06. The molecular weight excluding hydrogens is 239 g/mol. The minimum Gasteiger partial charge on any atom is -0.507 e. The van der Waals surface area contributed by atoms with Gasteiger partial charge in [-0.25, -0.2) is 4.39 Å². The summed E-state index contributed by atoms with van der Waals surface area (Å²) in [4.78, 5) is 11.2. The van der Waals surface area contributed by atoms with E-state index in [0.717, 1.165) is 6.07 Å². The molecule has 0 saturated carbocycles. The maximum Gasteiger partial charge on any atom is 0.177 e. The summed E-state index contributed by atoms with van der Waals surface area (Å²) >= 11 is 2.97. The Kier molecular flexibility index (Phi) is 3.03. The highest BCUT2D eigenvalue weighted by Gasteiger charge is 2.12. The van der Waals surface area contributed by atoms with Gasteiger partial charge in [0, 0.05) is 6.07 Å². The molecule has 0 fully saturated rings. The van der Waals surface area contributed by atoms with Crippen LogP contribution >= 0.6 is 15.9 Å². The zero-order valence-electron chi connectivity index (χ0n) is 6.97. The highest BCUT2D eigenvalue weighted by atomic mass is 79.9. The first-order valence-corrected chi connectivity index (χ1v) is 4.76. The smallest absolute Gasteiger partial charge is 0.177 e. The summed E-state index contributed by atoms with van der Waals surface area (Å²) in [6.45, 7) is 1.54. The second kappa shape index (κ2) is 3.87. The quantitative estimate of drug-likeness (QED) is 0.643. The first kappa shape index (κ1) is 10.2. The van der Waals surface area contributed by atoms with Crippen molar-refractivity contribution in [3.63, 3.8) is 0 Å². The van der Waals surface area contributed by atoms with Gasteiger partial charge in [-0.2, -0.15) is 0 Å². The predicted octanol–water partition coefficient (Wildman–Crippen LogP) is 2.42. The molecule has 1 aromatic rings. The molecule has 70 valence electrons. The fraction of sp³-hybridized carbons (Fsp3) is 0.222. The van der Waals surface area contributed by atoms with Crippen LogP contribution in [0.15, 0.2) is 12.1 Å². The molecule has 0 spiro atoms. The largest absolute Gasteiger partial charge is 0.507 e. The SMILES string of the molecule is Cc1cc(C(=O)CBr)c(O)cc1F. The number of hydrogen-bond donors (Lipinski definition) is 1. The first-order valence-electron chi connectivity index (χ1n) is 3.64. The predicted molar refractivity (Wildman–Crippen MR) is 50.9 cm³/mol. The maximum absolute atomic E-state index is 12.8. The van der Waals surface area contributed by atoms with Crippen molar-refractivity contribution >= 4 is 21.7 Å². The van der Waals surface area contributed by atoms with E-state index in [9.17, 15) is 14.3 Å². The van der Waals surface area contributed by atoms with E-state index in [2.05, 4.69) is 15.9 Å². The summed E-state index contributed by atoms with van der Waals surface area (Å²) in [5.74, 6) is -1.09. The second-order valence-electron chi connectivity index (χ2n) is 2.68. The number of carbonyl (C=O) groups excluding carboxylic acids is 1. The molecule has 0 amide bonds. The lowest BCUT2D eigenvalue weighted by atomic mass is 10.1. The Morgan fingerprint density at radius 1 is 1.62 bits per heavy atom. The van der Waals surface area contributed by atoms with Gasteiger partial charge in [-0.05, 0) is 18.6 Å². The molecule has 13 heavy (non-hydrogen) atoms. The fourth-order valence-electron chi connectivity index (χ4n) is 0.966. The highest BCUT2D eigenvalue weighted by Crippen LogP contribution is 2.22. The van der Waals surface area contributed by atoms with E-state index < -0.39 is 5.82 Å². The number of Topliss-reactive ketones (excluding diaryl/α,β-unsaturated/α-hetero) is 1. The van der Waals surface area contributed by atoms with Crippen LogP contribution in [0.1, 0.15) is 15.9 Å². The van der Waals surface area contributed by atoms with Crippen LogP contribution < -0.4 is 0 Å². The van der Waals surface area contributed by atoms with Gasteiger partial charge >= 0.3 is 0 Å². The molecule has 0 aromatic heterocycles. The lowest BCUT2D eigenvalue weighted by molar-refractivity contribution is 0.102. The molecule has 0 radical (unpaired) electrons. The summed E-state index contributed by atoms with van der Waals surface area (Å²) < 4.78 is 12.8. The normalized spacial score (nSPS) is 10.1. The molecule has 1 aromatic carbocycles. The van der Waals surface area contributed by atoms with Gasteiger partial charge in [0.1, 0.15) is 11.6 Å². The van der Waals surface area contributed by atoms with E-state index >= 15 is 0 Å². The summed E-state index contributed by atoms with van der Waals surface area (Å²) in [6.07, 6.45) is 0. The topological polar surface area (TPSA) is 37.3 Å². The van der Waals surface area contributed by atoms with Crippen LogP contribution in [0.4, 0.5) is 4.39 Å². The number of phenolic OH excluding ortho intramolecular Hbond substituents is 1. The molecule has 0 bridgehead atoms. The molecule has 2 nitrogen and oxygen atoms in total. The average molecular weight is 247 g/mol. The number of aryl methyl sites for hydroxylation is 1. The van der Waals surface area contributed by atoms with Crippen LogP contribution in [-0.4, -0.2) is 16.2 Å². The molecule has 0 unspecified atom stereocenters. The van der Waals surface area contributed by atoms with Crippen LogP contribution in [0, 0.1) is 12.7 Å². The highest BCUT2D eigenvalue weighted by molar-refractivity contribution is 9.09. The van der Waals surface area contributed by atoms with Crippen molar-refractivity contribution in [2.75, 3.05) is 5.33 Å². The Labute approximate surface area is 83.5 Å². The number of hydrogen-bond acceptors (Lipinski definition) is 2. The van der Waals surface area contributed by atoms with Crippen molar-refractivity contribution in [2.45, 2.75) is 6.92 Å². The number of alkyl halides is 1. The molecule has 0 aliphatic carbocycles. The van der Waals surface area contributed by atoms with Crippen molar-refractivity contribution in [1.29, 1.82) is 0 Å². The molecule has 0 aliphatic rings. The molecule has 1 rings (SSSR count). The average Bonchev–Trinajstić information content (AvgIpc) is 2.10. The van der Waals surface area contributed by atoms with Crippen molar-refractivity contribution in [1.82, 2.24) is 0 Å². The van der Waals surface area contributed by atoms with E-state index in [4.69, 9.17) is 0 Å².